The van der Waals surface area contributed by atoms with E-state index < -0.39 is 0 Å². The lowest BCUT2D eigenvalue weighted by molar-refractivity contribution is -0.115. The van der Waals surface area contributed by atoms with E-state index in [0.29, 0.717) is 13.2 Å². The van der Waals surface area contributed by atoms with Gasteiger partial charge in [-0.1, -0.05) is 12.1 Å². The van der Waals surface area contributed by atoms with Crippen LogP contribution < -0.4 is 10.6 Å². The van der Waals surface area contributed by atoms with Crippen molar-refractivity contribution in [3.8, 4) is 0 Å². The SMILES string of the molecule is Cl.O=C(CNCC1CC1)Nc1cccc(COCC2CC2)c1. The molecule has 2 aliphatic carbocycles. The van der Waals surface area contributed by atoms with Crippen molar-refractivity contribution in [2.75, 3.05) is 25.0 Å². The number of benzene rings is 1. The first-order chi connectivity index (χ1) is 10.3. The molecule has 1 aromatic rings. The van der Waals surface area contributed by atoms with Gasteiger partial charge in [0, 0.05) is 12.3 Å². The third-order valence-corrected chi connectivity index (χ3v) is 3.95. The van der Waals surface area contributed by atoms with Gasteiger partial charge in [-0.15, -0.1) is 12.4 Å². The number of halogens is 1. The second-order valence-corrected chi connectivity index (χ2v) is 6.28. The zero-order chi connectivity index (χ0) is 14.5. The van der Waals surface area contributed by atoms with Crippen molar-refractivity contribution in [1.82, 2.24) is 5.32 Å². The van der Waals surface area contributed by atoms with Crippen LogP contribution in [0, 0.1) is 11.8 Å². The van der Waals surface area contributed by atoms with Crippen LogP contribution in [0.2, 0.25) is 0 Å². The summed E-state index contributed by atoms with van der Waals surface area (Å²) in [6, 6.07) is 7.91. The largest absolute Gasteiger partial charge is 0.376 e. The maximum Gasteiger partial charge on any atom is 0.238 e. The molecule has 1 amide bonds. The minimum atomic E-state index is 0. The molecule has 0 aromatic heterocycles. The van der Waals surface area contributed by atoms with Crippen LogP contribution in [0.15, 0.2) is 24.3 Å². The van der Waals surface area contributed by atoms with Gasteiger partial charge in [-0.3, -0.25) is 4.79 Å². The molecule has 0 atom stereocenters. The summed E-state index contributed by atoms with van der Waals surface area (Å²) in [5.74, 6) is 1.60. The number of carbonyl (C=O) groups is 1. The first kappa shape index (κ1) is 17.3. The number of anilines is 1. The normalized spacial score (nSPS) is 16.9. The number of rotatable bonds is 9. The Hall–Kier alpha value is -1.10. The molecule has 0 heterocycles. The van der Waals surface area contributed by atoms with Gasteiger partial charge < -0.3 is 15.4 Å². The molecule has 2 aliphatic rings. The highest BCUT2D eigenvalue weighted by Gasteiger charge is 2.21. The number of ether oxygens (including phenoxy) is 1. The van der Waals surface area contributed by atoms with Gasteiger partial charge in [0.1, 0.15) is 0 Å². The summed E-state index contributed by atoms with van der Waals surface area (Å²) in [7, 11) is 0. The molecule has 0 aliphatic heterocycles. The second-order valence-electron chi connectivity index (χ2n) is 6.28. The van der Waals surface area contributed by atoms with Crippen LogP contribution in [-0.4, -0.2) is 25.6 Å². The number of hydrogen-bond donors (Lipinski definition) is 2. The molecule has 3 rings (SSSR count). The Morgan fingerprint density at radius 1 is 1.18 bits per heavy atom. The highest BCUT2D eigenvalue weighted by atomic mass is 35.5. The minimum Gasteiger partial charge on any atom is -0.376 e. The first-order valence-corrected chi connectivity index (χ1v) is 7.97. The van der Waals surface area contributed by atoms with E-state index in [4.69, 9.17) is 4.74 Å². The van der Waals surface area contributed by atoms with Crippen LogP contribution in [0.5, 0.6) is 0 Å². The Bertz CT molecular complexity index is 487. The summed E-state index contributed by atoms with van der Waals surface area (Å²) >= 11 is 0. The van der Waals surface area contributed by atoms with Gasteiger partial charge >= 0.3 is 0 Å². The van der Waals surface area contributed by atoms with Crippen LogP contribution in [0.4, 0.5) is 5.69 Å². The molecule has 4 nitrogen and oxygen atoms in total. The fourth-order valence-electron chi connectivity index (χ4n) is 2.28. The van der Waals surface area contributed by atoms with E-state index in [9.17, 15) is 4.79 Å². The quantitative estimate of drug-likeness (QED) is 0.734. The van der Waals surface area contributed by atoms with Crippen molar-refractivity contribution in [3.63, 3.8) is 0 Å². The third-order valence-electron chi connectivity index (χ3n) is 3.95. The molecule has 0 radical (unpaired) electrons. The van der Waals surface area contributed by atoms with Gasteiger partial charge in [-0.2, -0.15) is 0 Å². The Morgan fingerprint density at radius 3 is 2.68 bits per heavy atom. The monoisotopic (exact) mass is 324 g/mol. The molecule has 0 bridgehead atoms. The summed E-state index contributed by atoms with van der Waals surface area (Å²) in [6.07, 6.45) is 5.23. The molecule has 122 valence electrons. The summed E-state index contributed by atoms with van der Waals surface area (Å²) in [5, 5.41) is 6.13. The Balaban J connectivity index is 0.00000176. The van der Waals surface area contributed by atoms with Gasteiger partial charge in [0.15, 0.2) is 0 Å². The van der Waals surface area contributed by atoms with Gasteiger partial charge in [0.25, 0.3) is 0 Å². The maximum absolute atomic E-state index is 11.8. The fourth-order valence-corrected chi connectivity index (χ4v) is 2.28. The van der Waals surface area contributed by atoms with Crippen molar-refractivity contribution in [2.24, 2.45) is 11.8 Å². The van der Waals surface area contributed by atoms with Crippen molar-refractivity contribution < 1.29 is 9.53 Å². The average molecular weight is 325 g/mol. The van der Waals surface area contributed by atoms with Crippen LogP contribution in [-0.2, 0) is 16.1 Å². The summed E-state index contributed by atoms with van der Waals surface area (Å²) < 4.78 is 5.68. The van der Waals surface area contributed by atoms with Crippen molar-refractivity contribution in [3.05, 3.63) is 29.8 Å². The smallest absolute Gasteiger partial charge is 0.238 e. The standard InChI is InChI=1S/C17H24N2O2.ClH/c20-17(10-18-9-13-4-5-13)19-16-3-1-2-15(8-16)12-21-11-14-6-7-14;/h1-3,8,13-14,18H,4-7,9-12H2,(H,19,20);1H. The minimum absolute atomic E-state index is 0. The van der Waals surface area contributed by atoms with Gasteiger partial charge in [0.05, 0.1) is 13.2 Å². The zero-order valence-electron chi connectivity index (χ0n) is 12.8. The predicted octanol–water partition coefficient (Wildman–Crippen LogP) is 2.97. The van der Waals surface area contributed by atoms with E-state index in [1.807, 2.05) is 24.3 Å². The lowest BCUT2D eigenvalue weighted by atomic mass is 10.2. The van der Waals surface area contributed by atoms with E-state index in [2.05, 4.69) is 10.6 Å². The highest BCUT2D eigenvalue weighted by Crippen LogP contribution is 2.29. The molecule has 2 fully saturated rings. The van der Waals surface area contributed by atoms with Crippen LogP contribution >= 0.6 is 12.4 Å². The van der Waals surface area contributed by atoms with E-state index >= 15 is 0 Å². The lowest BCUT2D eigenvalue weighted by Gasteiger charge is -2.09. The summed E-state index contributed by atoms with van der Waals surface area (Å²) in [5.41, 5.74) is 1.96. The van der Waals surface area contributed by atoms with Crippen LogP contribution in [0.3, 0.4) is 0 Å². The number of hydrogen-bond acceptors (Lipinski definition) is 3. The number of carbonyl (C=O) groups excluding carboxylic acids is 1. The van der Waals surface area contributed by atoms with Gasteiger partial charge in [-0.25, -0.2) is 0 Å². The number of nitrogens with one attached hydrogen (secondary N) is 2. The molecule has 22 heavy (non-hydrogen) atoms. The van der Waals surface area contributed by atoms with E-state index in [0.717, 1.165) is 36.2 Å². The summed E-state index contributed by atoms with van der Waals surface area (Å²) in [6.45, 7) is 2.84. The topological polar surface area (TPSA) is 50.4 Å². The Morgan fingerprint density at radius 2 is 1.95 bits per heavy atom. The fraction of sp³-hybridized carbons (Fsp3) is 0.588. The van der Waals surface area contributed by atoms with Gasteiger partial charge in [-0.05, 0) is 61.8 Å². The highest BCUT2D eigenvalue weighted by molar-refractivity contribution is 5.92. The van der Waals surface area contributed by atoms with Gasteiger partial charge in [0.2, 0.25) is 5.91 Å². The Kier molecular flexibility index (Phi) is 6.68. The van der Waals surface area contributed by atoms with E-state index in [1.54, 1.807) is 0 Å². The average Bonchev–Trinajstić information content (AvgIpc) is 3.34. The Labute approximate surface area is 138 Å². The molecular weight excluding hydrogens is 300 g/mol. The molecule has 0 saturated heterocycles. The molecule has 0 spiro atoms. The van der Waals surface area contributed by atoms with Crippen LogP contribution in [0.1, 0.15) is 31.2 Å². The zero-order valence-corrected chi connectivity index (χ0v) is 13.7. The van der Waals surface area contributed by atoms with Crippen molar-refractivity contribution >= 4 is 24.0 Å². The second kappa shape index (κ2) is 8.51. The third kappa shape index (κ3) is 6.34. The predicted molar refractivity (Wildman–Crippen MR) is 90.3 cm³/mol. The number of amides is 1. The van der Waals surface area contributed by atoms with E-state index in [-0.39, 0.29) is 18.3 Å². The van der Waals surface area contributed by atoms with E-state index in [1.165, 1.54) is 25.7 Å². The molecule has 2 N–H and O–H groups in total. The molecule has 0 unspecified atom stereocenters. The van der Waals surface area contributed by atoms with Crippen LogP contribution in [0.25, 0.3) is 0 Å². The molecular formula is C17H25ClN2O2. The van der Waals surface area contributed by atoms with Crippen molar-refractivity contribution in [1.29, 1.82) is 0 Å². The first-order valence-electron chi connectivity index (χ1n) is 7.97. The molecule has 2 saturated carbocycles. The molecule has 5 heteroatoms. The maximum atomic E-state index is 11.8. The van der Waals surface area contributed by atoms with Crippen molar-refractivity contribution in [2.45, 2.75) is 32.3 Å². The summed E-state index contributed by atoms with van der Waals surface area (Å²) in [4.78, 5) is 11.8. The lowest BCUT2D eigenvalue weighted by Crippen LogP contribution is -2.29. The molecule has 1 aromatic carbocycles.